The zero-order valence-corrected chi connectivity index (χ0v) is 16.0. The van der Waals surface area contributed by atoms with E-state index in [1.165, 1.54) is 4.88 Å². The van der Waals surface area contributed by atoms with Crippen LogP contribution in [0.15, 0.2) is 47.3 Å². The lowest BCUT2D eigenvalue weighted by Crippen LogP contribution is -2.22. The lowest BCUT2D eigenvalue weighted by atomic mass is 10.1. The molecule has 0 radical (unpaired) electrons. The molecule has 2 aromatic heterocycles. The summed E-state index contributed by atoms with van der Waals surface area (Å²) in [4.78, 5) is 5.86. The van der Waals surface area contributed by atoms with E-state index in [9.17, 15) is 0 Å². The van der Waals surface area contributed by atoms with E-state index in [4.69, 9.17) is 9.47 Å². The topological polar surface area (TPSA) is 43.4 Å². The summed E-state index contributed by atoms with van der Waals surface area (Å²) in [6, 6.07) is 10.5. The summed E-state index contributed by atoms with van der Waals surface area (Å²) >= 11 is 3.48. The smallest absolute Gasteiger partial charge is 0.161 e. The summed E-state index contributed by atoms with van der Waals surface area (Å²) in [5.41, 5.74) is 1.16. The molecular formula is C19H22N2O2S2. The van der Waals surface area contributed by atoms with E-state index in [-0.39, 0.29) is 6.04 Å². The summed E-state index contributed by atoms with van der Waals surface area (Å²) < 4.78 is 11.0. The molecule has 0 aliphatic heterocycles. The molecule has 4 nitrogen and oxygen atoms in total. The normalized spacial score (nSPS) is 12.1. The van der Waals surface area contributed by atoms with Crippen molar-refractivity contribution in [1.29, 1.82) is 0 Å². The Bertz CT molecular complexity index is 758. The number of thiazole rings is 1. The SMILES string of the molecule is CCOc1ccc(CN[C@H](Cc2cccs2)c2nccs2)cc1OC. The Morgan fingerprint density at radius 1 is 1.16 bits per heavy atom. The molecule has 0 spiro atoms. The second-order valence-corrected chi connectivity index (χ2v) is 7.46. The molecule has 0 amide bonds. The van der Waals surface area contributed by atoms with E-state index >= 15 is 0 Å². The summed E-state index contributed by atoms with van der Waals surface area (Å²) in [6.07, 6.45) is 2.81. The number of nitrogens with zero attached hydrogens (tertiary/aromatic N) is 1. The van der Waals surface area contributed by atoms with Gasteiger partial charge in [0, 0.05) is 29.4 Å². The maximum absolute atomic E-state index is 5.59. The van der Waals surface area contributed by atoms with Gasteiger partial charge in [0.2, 0.25) is 0 Å². The van der Waals surface area contributed by atoms with Gasteiger partial charge in [-0.3, -0.25) is 0 Å². The molecule has 0 saturated heterocycles. The standard InChI is InChI=1S/C19H22N2O2S2/c1-3-23-17-7-6-14(11-18(17)22-2)13-21-16(19-20-8-10-25-19)12-15-5-4-9-24-15/h4-11,16,21H,3,12-13H2,1-2H3/t16-/m1/s1. The maximum Gasteiger partial charge on any atom is 0.161 e. The van der Waals surface area contributed by atoms with Crippen LogP contribution in [0.5, 0.6) is 11.5 Å². The number of thiophene rings is 1. The molecule has 2 heterocycles. The first kappa shape index (κ1) is 17.9. The van der Waals surface area contributed by atoms with E-state index in [0.717, 1.165) is 35.0 Å². The average Bonchev–Trinajstić information content (AvgIpc) is 3.33. The predicted molar refractivity (Wildman–Crippen MR) is 104 cm³/mol. The lowest BCUT2D eigenvalue weighted by Gasteiger charge is -2.17. The minimum atomic E-state index is 0.205. The van der Waals surface area contributed by atoms with E-state index in [1.54, 1.807) is 29.8 Å². The third-order valence-electron chi connectivity index (χ3n) is 3.82. The third-order valence-corrected chi connectivity index (χ3v) is 5.60. The van der Waals surface area contributed by atoms with Crippen LogP contribution in [0.4, 0.5) is 0 Å². The van der Waals surface area contributed by atoms with Crippen LogP contribution >= 0.6 is 22.7 Å². The number of ether oxygens (including phenoxy) is 2. The van der Waals surface area contributed by atoms with Crippen LogP contribution in [0.3, 0.4) is 0 Å². The van der Waals surface area contributed by atoms with Crippen molar-refractivity contribution in [1.82, 2.24) is 10.3 Å². The van der Waals surface area contributed by atoms with Crippen LogP contribution in [0, 0.1) is 0 Å². The van der Waals surface area contributed by atoms with Crippen LogP contribution in [-0.4, -0.2) is 18.7 Å². The first-order valence-corrected chi connectivity index (χ1v) is 10.0. The van der Waals surface area contributed by atoms with Gasteiger partial charge in [-0.1, -0.05) is 12.1 Å². The van der Waals surface area contributed by atoms with Gasteiger partial charge in [0.25, 0.3) is 0 Å². The van der Waals surface area contributed by atoms with Crippen molar-refractivity contribution in [2.45, 2.75) is 25.9 Å². The molecule has 1 N–H and O–H groups in total. The molecular weight excluding hydrogens is 352 g/mol. The maximum atomic E-state index is 5.59. The van der Waals surface area contributed by atoms with E-state index in [2.05, 4.69) is 33.9 Å². The number of benzene rings is 1. The lowest BCUT2D eigenvalue weighted by molar-refractivity contribution is 0.310. The minimum Gasteiger partial charge on any atom is -0.493 e. The van der Waals surface area contributed by atoms with Gasteiger partial charge in [-0.15, -0.1) is 22.7 Å². The molecule has 25 heavy (non-hydrogen) atoms. The molecule has 0 aliphatic rings. The minimum absolute atomic E-state index is 0.205. The summed E-state index contributed by atoms with van der Waals surface area (Å²) in [5.74, 6) is 1.55. The van der Waals surface area contributed by atoms with Gasteiger partial charge in [-0.2, -0.15) is 0 Å². The molecule has 0 aliphatic carbocycles. The number of nitrogens with one attached hydrogen (secondary N) is 1. The van der Waals surface area contributed by atoms with Crippen molar-refractivity contribution in [3.05, 3.63) is 62.7 Å². The Labute approximate surface area is 156 Å². The Kier molecular flexibility index (Phi) is 6.44. The Morgan fingerprint density at radius 3 is 2.76 bits per heavy atom. The highest BCUT2D eigenvalue weighted by atomic mass is 32.1. The highest BCUT2D eigenvalue weighted by Crippen LogP contribution is 2.29. The van der Waals surface area contributed by atoms with Gasteiger partial charge in [0.05, 0.1) is 19.8 Å². The Morgan fingerprint density at radius 2 is 2.08 bits per heavy atom. The van der Waals surface area contributed by atoms with Crippen molar-refractivity contribution in [3.63, 3.8) is 0 Å². The van der Waals surface area contributed by atoms with Gasteiger partial charge in [0.15, 0.2) is 11.5 Å². The van der Waals surface area contributed by atoms with E-state index in [0.29, 0.717) is 6.61 Å². The summed E-state index contributed by atoms with van der Waals surface area (Å²) in [7, 11) is 1.67. The number of rotatable bonds is 9. The summed E-state index contributed by atoms with van der Waals surface area (Å²) in [5, 5.41) is 8.90. The molecule has 3 aromatic rings. The zero-order chi connectivity index (χ0) is 17.5. The van der Waals surface area contributed by atoms with Gasteiger partial charge in [-0.05, 0) is 36.1 Å². The number of aromatic nitrogens is 1. The fraction of sp³-hybridized carbons (Fsp3) is 0.316. The molecule has 0 unspecified atom stereocenters. The number of hydrogen-bond acceptors (Lipinski definition) is 6. The van der Waals surface area contributed by atoms with Gasteiger partial charge in [-0.25, -0.2) is 4.98 Å². The predicted octanol–water partition coefficient (Wildman–Crippen LogP) is 4.69. The van der Waals surface area contributed by atoms with Crippen LogP contribution < -0.4 is 14.8 Å². The second kappa shape index (κ2) is 8.99. The molecule has 0 fully saturated rings. The highest BCUT2D eigenvalue weighted by molar-refractivity contribution is 7.10. The average molecular weight is 375 g/mol. The molecule has 1 aromatic carbocycles. The molecule has 6 heteroatoms. The monoisotopic (exact) mass is 374 g/mol. The Hall–Kier alpha value is -1.89. The first-order chi connectivity index (χ1) is 12.3. The largest absolute Gasteiger partial charge is 0.493 e. The van der Waals surface area contributed by atoms with E-state index in [1.807, 2.05) is 30.6 Å². The van der Waals surface area contributed by atoms with Crippen molar-refractivity contribution in [2.24, 2.45) is 0 Å². The van der Waals surface area contributed by atoms with Crippen LogP contribution in [0.25, 0.3) is 0 Å². The molecule has 132 valence electrons. The van der Waals surface area contributed by atoms with Crippen LogP contribution in [0.1, 0.15) is 28.4 Å². The quantitative estimate of drug-likeness (QED) is 0.590. The highest BCUT2D eigenvalue weighted by Gasteiger charge is 2.15. The fourth-order valence-electron chi connectivity index (χ4n) is 2.62. The number of methoxy groups -OCH3 is 1. The van der Waals surface area contributed by atoms with Crippen molar-refractivity contribution >= 4 is 22.7 Å². The van der Waals surface area contributed by atoms with Gasteiger partial charge in [0.1, 0.15) is 5.01 Å². The van der Waals surface area contributed by atoms with Crippen LogP contribution in [0.2, 0.25) is 0 Å². The molecule has 3 rings (SSSR count). The molecule has 0 bridgehead atoms. The molecule has 0 saturated carbocycles. The first-order valence-electron chi connectivity index (χ1n) is 8.25. The Balaban J connectivity index is 1.70. The third kappa shape index (κ3) is 4.81. The summed E-state index contributed by atoms with van der Waals surface area (Å²) in [6.45, 7) is 3.34. The number of hydrogen-bond donors (Lipinski definition) is 1. The van der Waals surface area contributed by atoms with Crippen LogP contribution in [-0.2, 0) is 13.0 Å². The fourth-order valence-corrected chi connectivity index (χ4v) is 4.09. The van der Waals surface area contributed by atoms with Gasteiger partial charge < -0.3 is 14.8 Å². The molecule has 1 atom stereocenters. The second-order valence-electron chi connectivity index (χ2n) is 5.51. The van der Waals surface area contributed by atoms with Gasteiger partial charge >= 0.3 is 0 Å². The van der Waals surface area contributed by atoms with E-state index < -0.39 is 0 Å². The van der Waals surface area contributed by atoms with Crippen molar-refractivity contribution < 1.29 is 9.47 Å². The van der Waals surface area contributed by atoms with Crippen molar-refractivity contribution in [3.8, 4) is 11.5 Å². The van der Waals surface area contributed by atoms with Crippen molar-refractivity contribution in [2.75, 3.05) is 13.7 Å². The zero-order valence-electron chi connectivity index (χ0n) is 14.4.